The molecule has 23 heavy (non-hydrogen) atoms. The summed E-state index contributed by atoms with van der Waals surface area (Å²) in [4.78, 5) is 5.46. The Morgan fingerprint density at radius 1 is 1.04 bits per heavy atom. The monoisotopic (exact) mass is 379 g/mol. The summed E-state index contributed by atoms with van der Waals surface area (Å²) in [6, 6.07) is 11.3. The largest absolute Gasteiger partial charge is 0.317 e. The summed E-state index contributed by atoms with van der Waals surface area (Å²) in [5, 5.41) is 3.49. The number of hydrogen-bond acceptors (Lipinski definition) is 3. The number of hydrogen-bond donors (Lipinski definition) is 1. The number of piperazine rings is 1. The first-order valence-electron chi connectivity index (χ1n) is 9.04. The Hall–Kier alpha value is -0.420. The van der Waals surface area contributed by atoms with Crippen LogP contribution < -0.4 is 5.32 Å². The van der Waals surface area contributed by atoms with E-state index in [9.17, 15) is 0 Å². The van der Waals surface area contributed by atoms with Gasteiger partial charge in [-0.05, 0) is 64.4 Å². The minimum absolute atomic E-state index is 0.475. The summed E-state index contributed by atoms with van der Waals surface area (Å²) in [6.45, 7) is 11.9. The highest BCUT2D eigenvalue weighted by molar-refractivity contribution is 9.10. The van der Waals surface area contributed by atoms with Gasteiger partial charge in [0.25, 0.3) is 0 Å². The predicted molar refractivity (Wildman–Crippen MR) is 101 cm³/mol. The van der Waals surface area contributed by atoms with Crippen molar-refractivity contribution in [2.75, 3.05) is 26.2 Å². The molecular formula is C19H30BrN3. The van der Waals surface area contributed by atoms with E-state index in [1.54, 1.807) is 0 Å². The zero-order valence-corrected chi connectivity index (χ0v) is 16.2. The van der Waals surface area contributed by atoms with Gasteiger partial charge in [0.2, 0.25) is 0 Å². The van der Waals surface area contributed by atoms with Crippen molar-refractivity contribution in [1.82, 2.24) is 15.1 Å². The molecule has 2 fully saturated rings. The molecule has 0 radical (unpaired) electrons. The Morgan fingerprint density at radius 2 is 1.61 bits per heavy atom. The van der Waals surface area contributed by atoms with Crippen LogP contribution in [0.15, 0.2) is 28.7 Å². The lowest BCUT2D eigenvalue weighted by molar-refractivity contribution is -0.0128. The number of halogens is 1. The molecule has 0 unspecified atom stereocenters. The van der Waals surface area contributed by atoms with Crippen molar-refractivity contribution < 1.29 is 0 Å². The average Bonchev–Trinajstić information content (AvgIpc) is 2.55. The zero-order chi connectivity index (χ0) is 16.4. The van der Waals surface area contributed by atoms with Crippen LogP contribution in [0.3, 0.4) is 0 Å². The van der Waals surface area contributed by atoms with Gasteiger partial charge in [-0.25, -0.2) is 0 Å². The van der Waals surface area contributed by atoms with Gasteiger partial charge in [-0.2, -0.15) is 0 Å². The molecule has 4 heteroatoms. The van der Waals surface area contributed by atoms with Gasteiger partial charge < -0.3 is 5.32 Å². The molecule has 0 spiro atoms. The van der Waals surface area contributed by atoms with E-state index in [0.29, 0.717) is 18.1 Å². The maximum Gasteiger partial charge on any atom is 0.0326 e. The smallest absolute Gasteiger partial charge is 0.0326 e. The standard InChI is InChI=1S/C19H30BrN3/c1-14-12-22(19-8-10-21-11-9-19)13-15(2)23(14)16(3)17-4-6-18(20)7-5-17/h4-7,14-16,19,21H,8-13H2,1-3H3/t14-,15-,16-/m1/s1. The molecule has 2 aliphatic rings. The Morgan fingerprint density at radius 3 is 2.17 bits per heavy atom. The number of nitrogens with zero attached hydrogens (tertiary/aromatic N) is 2. The molecule has 2 aliphatic heterocycles. The molecule has 3 rings (SSSR count). The zero-order valence-electron chi connectivity index (χ0n) is 14.6. The van der Waals surface area contributed by atoms with E-state index in [2.05, 4.69) is 76.1 Å². The molecule has 1 aromatic rings. The van der Waals surface area contributed by atoms with Crippen molar-refractivity contribution in [1.29, 1.82) is 0 Å². The highest BCUT2D eigenvalue weighted by Gasteiger charge is 2.35. The van der Waals surface area contributed by atoms with Crippen LogP contribution in [0.5, 0.6) is 0 Å². The van der Waals surface area contributed by atoms with E-state index >= 15 is 0 Å². The van der Waals surface area contributed by atoms with Crippen LogP contribution in [0.2, 0.25) is 0 Å². The molecule has 0 saturated carbocycles. The molecular weight excluding hydrogens is 350 g/mol. The fourth-order valence-electron chi connectivity index (χ4n) is 4.52. The number of benzene rings is 1. The fraction of sp³-hybridized carbons (Fsp3) is 0.684. The van der Waals surface area contributed by atoms with Gasteiger partial charge in [0.05, 0.1) is 0 Å². The third kappa shape index (κ3) is 3.98. The van der Waals surface area contributed by atoms with Crippen molar-refractivity contribution in [3.05, 3.63) is 34.3 Å². The van der Waals surface area contributed by atoms with Crippen LogP contribution in [0.25, 0.3) is 0 Å². The first-order chi connectivity index (χ1) is 11.1. The van der Waals surface area contributed by atoms with Gasteiger partial charge in [-0.3, -0.25) is 9.80 Å². The predicted octanol–water partition coefficient (Wildman–Crippen LogP) is 3.66. The van der Waals surface area contributed by atoms with E-state index < -0.39 is 0 Å². The normalized spacial score (nSPS) is 29.6. The van der Waals surface area contributed by atoms with Crippen LogP contribution >= 0.6 is 15.9 Å². The molecule has 0 aliphatic carbocycles. The van der Waals surface area contributed by atoms with Crippen LogP contribution in [-0.2, 0) is 0 Å². The summed E-state index contributed by atoms with van der Waals surface area (Å²) in [6.07, 6.45) is 2.61. The Balaban J connectivity index is 1.68. The maximum absolute atomic E-state index is 3.54. The van der Waals surface area contributed by atoms with Crippen molar-refractivity contribution >= 4 is 15.9 Å². The van der Waals surface area contributed by atoms with E-state index in [0.717, 1.165) is 10.5 Å². The maximum atomic E-state index is 3.54. The second-order valence-electron chi connectivity index (χ2n) is 7.31. The summed E-state index contributed by atoms with van der Waals surface area (Å²) >= 11 is 3.54. The first-order valence-corrected chi connectivity index (χ1v) is 9.83. The van der Waals surface area contributed by atoms with Crippen molar-refractivity contribution in [2.24, 2.45) is 0 Å². The molecule has 1 N–H and O–H groups in total. The molecule has 2 heterocycles. The SMILES string of the molecule is C[C@@H]1CN(C2CCNCC2)C[C@@H](C)N1[C@H](C)c1ccc(Br)cc1. The van der Waals surface area contributed by atoms with Crippen LogP contribution in [0.4, 0.5) is 0 Å². The number of nitrogens with one attached hydrogen (secondary N) is 1. The lowest BCUT2D eigenvalue weighted by Gasteiger charge is -2.50. The van der Waals surface area contributed by atoms with Crippen molar-refractivity contribution in [2.45, 2.75) is 57.8 Å². The van der Waals surface area contributed by atoms with Gasteiger partial charge in [-0.15, -0.1) is 0 Å². The summed E-state index contributed by atoms with van der Waals surface area (Å²) in [5.41, 5.74) is 1.42. The molecule has 3 nitrogen and oxygen atoms in total. The first kappa shape index (κ1) is 17.4. The van der Waals surface area contributed by atoms with E-state index in [1.807, 2.05) is 0 Å². The second kappa shape index (κ2) is 7.64. The Labute approximate surface area is 149 Å². The van der Waals surface area contributed by atoms with Gasteiger partial charge >= 0.3 is 0 Å². The summed E-state index contributed by atoms with van der Waals surface area (Å²) < 4.78 is 1.16. The fourth-order valence-corrected chi connectivity index (χ4v) is 4.79. The molecule has 0 aromatic heterocycles. The lowest BCUT2D eigenvalue weighted by Crippen LogP contribution is -2.60. The average molecular weight is 380 g/mol. The minimum atomic E-state index is 0.475. The third-order valence-electron chi connectivity index (χ3n) is 5.64. The van der Waals surface area contributed by atoms with Gasteiger partial charge in [0.15, 0.2) is 0 Å². The molecule has 128 valence electrons. The highest BCUT2D eigenvalue weighted by Crippen LogP contribution is 2.30. The second-order valence-corrected chi connectivity index (χ2v) is 8.22. The molecule has 0 amide bonds. The summed E-state index contributed by atoms with van der Waals surface area (Å²) in [7, 11) is 0. The van der Waals surface area contributed by atoms with Crippen LogP contribution in [-0.4, -0.2) is 54.1 Å². The topological polar surface area (TPSA) is 18.5 Å². The van der Waals surface area contributed by atoms with Crippen LogP contribution in [0, 0.1) is 0 Å². The molecule has 1 aromatic carbocycles. The van der Waals surface area contributed by atoms with Crippen molar-refractivity contribution in [3.8, 4) is 0 Å². The van der Waals surface area contributed by atoms with Gasteiger partial charge in [0.1, 0.15) is 0 Å². The van der Waals surface area contributed by atoms with Gasteiger partial charge in [0, 0.05) is 41.7 Å². The van der Waals surface area contributed by atoms with Crippen molar-refractivity contribution in [3.63, 3.8) is 0 Å². The Kier molecular flexibility index (Phi) is 5.78. The lowest BCUT2D eigenvalue weighted by atomic mass is 9.96. The van der Waals surface area contributed by atoms with E-state index in [-0.39, 0.29) is 0 Å². The molecule has 3 atom stereocenters. The minimum Gasteiger partial charge on any atom is -0.317 e. The van der Waals surface area contributed by atoms with Crippen LogP contribution in [0.1, 0.15) is 45.2 Å². The molecule has 0 bridgehead atoms. The molecule has 2 saturated heterocycles. The number of rotatable bonds is 3. The van der Waals surface area contributed by atoms with E-state index in [4.69, 9.17) is 0 Å². The highest BCUT2D eigenvalue weighted by atomic mass is 79.9. The number of piperidine rings is 1. The summed E-state index contributed by atoms with van der Waals surface area (Å²) in [5.74, 6) is 0. The third-order valence-corrected chi connectivity index (χ3v) is 6.17. The Bertz CT molecular complexity index is 486. The quantitative estimate of drug-likeness (QED) is 0.864. The van der Waals surface area contributed by atoms with E-state index in [1.165, 1.54) is 44.6 Å². The van der Waals surface area contributed by atoms with Gasteiger partial charge in [-0.1, -0.05) is 28.1 Å².